The Bertz CT molecular complexity index is 599. The molecule has 1 amide bonds. The van der Waals surface area contributed by atoms with Gasteiger partial charge in [-0.25, -0.2) is 0 Å². The fourth-order valence-corrected chi connectivity index (χ4v) is 2.32. The van der Waals surface area contributed by atoms with Gasteiger partial charge in [0.15, 0.2) is 0 Å². The monoisotopic (exact) mass is 285 g/mol. The van der Waals surface area contributed by atoms with E-state index < -0.39 is 0 Å². The first-order valence-electron chi connectivity index (χ1n) is 7.45. The van der Waals surface area contributed by atoms with Crippen LogP contribution in [0.3, 0.4) is 0 Å². The fraction of sp³-hybridized carbons (Fsp3) is 0.353. The highest BCUT2D eigenvalue weighted by Crippen LogP contribution is 2.12. The van der Waals surface area contributed by atoms with E-state index >= 15 is 0 Å². The van der Waals surface area contributed by atoms with Gasteiger partial charge in [-0.2, -0.15) is 0 Å². The molecule has 0 spiro atoms. The quantitative estimate of drug-likeness (QED) is 0.857. The molecule has 1 aromatic heterocycles. The van der Waals surface area contributed by atoms with E-state index in [4.69, 9.17) is 5.73 Å². The molecule has 4 nitrogen and oxygen atoms in total. The van der Waals surface area contributed by atoms with Crippen molar-refractivity contribution in [2.24, 2.45) is 0 Å². The Kier molecular flexibility index (Phi) is 5.04. The van der Waals surface area contributed by atoms with Gasteiger partial charge in [0.1, 0.15) is 5.69 Å². The molecule has 4 heteroatoms. The molecule has 1 heterocycles. The van der Waals surface area contributed by atoms with E-state index in [2.05, 4.69) is 43.4 Å². The third-order valence-electron chi connectivity index (χ3n) is 3.50. The maximum atomic E-state index is 12.3. The highest BCUT2D eigenvalue weighted by atomic mass is 16.1. The maximum absolute atomic E-state index is 12.3. The zero-order valence-corrected chi connectivity index (χ0v) is 12.7. The number of carbonyl (C=O) groups is 1. The summed E-state index contributed by atoms with van der Waals surface area (Å²) in [5.41, 5.74) is 9.44. The zero-order valence-electron chi connectivity index (χ0n) is 12.7. The number of amides is 1. The van der Waals surface area contributed by atoms with Gasteiger partial charge in [-0.1, -0.05) is 38.1 Å². The predicted molar refractivity (Wildman–Crippen MR) is 86.1 cm³/mol. The first-order valence-corrected chi connectivity index (χ1v) is 7.45. The number of hydrogen-bond acceptors (Lipinski definition) is 2. The van der Waals surface area contributed by atoms with Crippen molar-refractivity contribution in [1.29, 1.82) is 0 Å². The topological polar surface area (TPSA) is 60.0 Å². The van der Waals surface area contributed by atoms with Crippen LogP contribution >= 0.6 is 0 Å². The summed E-state index contributed by atoms with van der Waals surface area (Å²) in [4.78, 5) is 12.3. The average molecular weight is 285 g/mol. The summed E-state index contributed by atoms with van der Waals surface area (Å²) in [7, 11) is 0. The Hall–Kier alpha value is -2.23. The Morgan fingerprint density at radius 2 is 1.86 bits per heavy atom. The molecular weight excluding hydrogens is 262 g/mol. The lowest BCUT2D eigenvalue weighted by Gasteiger charge is -2.09. The lowest BCUT2D eigenvalue weighted by atomic mass is 10.1. The van der Waals surface area contributed by atoms with Crippen LogP contribution in [0.1, 0.15) is 41.9 Å². The minimum absolute atomic E-state index is 0.0836. The van der Waals surface area contributed by atoms with Gasteiger partial charge in [0.05, 0.1) is 5.69 Å². The van der Waals surface area contributed by atoms with Crippen LogP contribution in [0.4, 0.5) is 5.69 Å². The summed E-state index contributed by atoms with van der Waals surface area (Å²) in [6.07, 6.45) is 3.80. The molecule has 0 atom stereocenters. The standard InChI is InChI=1S/C17H23N3O/c1-3-9-20-12-15(18)10-16(20)17(21)19-11-14-7-5-13(4-2)6-8-14/h5-8,10,12H,3-4,9,11,18H2,1-2H3,(H,19,21). The molecule has 0 saturated carbocycles. The average Bonchev–Trinajstić information content (AvgIpc) is 2.86. The van der Waals surface area contributed by atoms with Crippen LogP contribution in [0.2, 0.25) is 0 Å². The second-order valence-electron chi connectivity index (χ2n) is 5.20. The number of benzene rings is 1. The van der Waals surface area contributed by atoms with Crippen LogP contribution in [-0.4, -0.2) is 10.5 Å². The molecule has 0 unspecified atom stereocenters. The fourth-order valence-electron chi connectivity index (χ4n) is 2.32. The van der Waals surface area contributed by atoms with Crippen molar-refractivity contribution >= 4 is 11.6 Å². The van der Waals surface area contributed by atoms with Crippen molar-refractivity contribution in [2.75, 3.05) is 5.73 Å². The minimum Gasteiger partial charge on any atom is -0.397 e. The Balaban J connectivity index is 2.00. The SMILES string of the molecule is CCCn1cc(N)cc1C(=O)NCc1ccc(CC)cc1. The van der Waals surface area contributed by atoms with Crippen LogP contribution in [0.25, 0.3) is 0 Å². The number of aryl methyl sites for hydroxylation is 2. The molecule has 0 bridgehead atoms. The molecule has 0 saturated heterocycles. The Morgan fingerprint density at radius 3 is 2.48 bits per heavy atom. The molecule has 3 N–H and O–H groups in total. The number of aromatic nitrogens is 1. The molecule has 0 aliphatic carbocycles. The first-order chi connectivity index (χ1) is 10.1. The van der Waals surface area contributed by atoms with Crippen molar-refractivity contribution in [3.8, 4) is 0 Å². The molecule has 2 rings (SSSR count). The number of nitrogens with two attached hydrogens (primary N) is 1. The van der Waals surface area contributed by atoms with E-state index in [1.165, 1.54) is 5.56 Å². The lowest BCUT2D eigenvalue weighted by Crippen LogP contribution is -2.25. The van der Waals surface area contributed by atoms with Crippen LogP contribution < -0.4 is 11.1 Å². The van der Waals surface area contributed by atoms with Crippen LogP contribution in [0.5, 0.6) is 0 Å². The first kappa shape index (κ1) is 15.2. The third kappa shape index (κ3) is 3.88. The van der Waals surface area contributed by atoms with E-state index in [0.717, 1.165) is 24.9 Å². The molecule has 0 fully saturated rings. The molecule has 2 aromatic rings. The molecular formula is C17H23N3O. The van der Waals surface area contributed by atoms with Gasteiger partial charge in [0, 0.05) is 19.3 Å². The Labute approximate surface area is 126 Å². The zero-order chi connectivity index (χ0) is 15.2. The van der Waals surface area contributed by atoms with Crippen molar-refractivity contribution < 1.29 is 4.79 Å². The molecule has 0 aliphatic heterocycles. The van der Waals surface area contributed by atoms with Crippen LogP contribution in [0.15, 0.2) is 36.5 Å². The third-order valence-corrected chi connectivity index (χ3v) is 3.50. The van der Waals surface area contributed by atoms with Crippen molar-refractivity contribution in [2.45, 2.75) is 39.8 Å². The lowest BCUT2D eigenvalue weighted by molar-refractivity contribution is 0.0941. The van der Waals surface area contributed by atoms with Gasteiger partial charge in [0.25, 0.3) is 5.91 Å². The van der Waals surface area contributed by atoms with Gasteiger partial charge in [-0.3, -0.25) is 4.79 Å². The highest BCUT2D eigenvalue weighted by molar-refractivity contribution is 5.93. The highest BCUT2D eigenvalue weighted by Gasteiger charge is 2.12. The van der Waals surface area contributed by atoms with Crippen LogP contribution in [0, 0.1) is 0 Å². The van der Waals surface area contributed by atoms with Crippen molar-refractivity contribution in [3.05, 3.63) is 53.3 Å². The second kappa shape index (κ2) is 6.97. The van der Waals surface area contributed by atoms with Gasteiger partial charge < -0.3 is 15.6 Å². The van der Waals surface area contributed by atoms with E-state index in [1.54, 1.807) is 6.07 Å². The summed E-state index contributed by atoms with van der Waals surface area (Å²) >= 11 is 0. The van der Waals surface area contributed by atoms with Crippen molar-refractivity contribution in [1.82, 2.24) is 9.88 Å². The summed E-state index contributed by atoms with van der Waals surface area (Å²) in [6.45, 7) is 5.53. The summed E-state index contributed by atoms with van der Waals surface area (Å²) in [6, 6.07) is 10.0. The normalized spacial score (nSPS) is 10.6. The number of hydrogen-bond donors (Lipinski definition) is 2. The Morgan fingerprint density at radius 1 is 1.19 bits per heavy atom. The number of nitrogens with one attached hydrogen (secondary N) is 1. The molecule has 112 valence electrons. The largest absolute Gasteiger partial charge is 0.397 e. The van der Waals surface area contributed by atoms with Gasteiger partial charge in [0.2, 0.25) is 0 Å². The van der Waals surface area contributed by atoms with E-state index in [0.29, 0.717) is 17.9 Å². The summed E-state index contributed by atoms with van der Waals surface area (Å²) in [5.74, 6) is -0.0836. The number of nitrogen functional groups attached to an aromatic ring is 1. The molecule has 0 aliphatic rings. The maximum Gasteiger partial charge on any atom is 0.268 e. The van der Waals surface area contributed by atoms with Crippen LogP contribution in [-0.2, 0) is 19.5 Å². The number of anilines is 1. The predicted octanol–water partition coefficient (Wildman–Crippen LogP) is 2.97. The van der Waals surface area contributed by atoms with Gasteiger partial charge in [-0.05, 0) is 30.0 Å². The van der Waals surface area contributed by atoms with Gasteiger partial charge >= 0.3 is 0 Å². The summed E-state index contributed by atoms with van der Waals surface area (Å²) in [5, 5.41) is 2.95. The number of carbonyl (C=O) groups excluding carboxylic acids is 1. The smallest absolute Gasteiger partial charge is 0.268 e. The summed E-state index contributed by atoms with van der Waals surface area (Å²) < 4.78 is 1.91. The van der Waals surface area contributed by atoms with Crippen molar-refractivity contribution in [3.63, 3.8) is 0 Å². The van der Waals surface area contributed by atoms with E-state index in [9.17, 15) is 4.79 Å². The molecule has 1 aromatic carbocycles. The van der Waals surface area contributed by atoms with E-state index in [1.807, 2.05) is 10.8 Å². The molecule has 0 radical (unpaired) electrons. The molecule has 21 heavy (non-hydrogen) atoms. The van der Waals surface area contributed by atoms with E-state index in [-0.39, 0.29) is 5.91 Å². The number of nitrogens with zero attached hydrogens (tertiary/aromatic N) is 1. The van der Waals surface area contributed by atoms with Gasteiger partial charge in [-0.15, -0.1) is 0 Å². The second-order valence-corrected chi connectivity index (χ2v) is 5.20. The number of rotatable bonds is 6. The minimum atomic E-state index is -0.0836.